The summed E-state index contributed by atoms with van der Waals surface area (Å²) in [4.78, 5) is 24.3. The number of thiocarbonyl (C=S) groups is 1. The van der Waals surface area contributed by atoms with Gasteiger partial charge in [-0.25, -0.2) is 0 Å². The second-order valence-electron chi connectivity index (χ2n) is 7.06. The summed E-state index contributed by atoms with van der Waals surface area (Å²) in [5.41, 5.74) is 2.49. The van der Waals surface area contributed by atoms with E-state index in [0.29, 0.717) is 16.8 Å². The molecule has 2 rings (SSSR count). The molecule has 0 aliphatic rings. The van der Waals surface area contributed by atoms with Crippen molar-refractivity contribution in [3.05, 3.63) is 65.2 Å². The van der Waals surface area contributed by atoms with E-state index in [9.17, 15) is 9.59 Å². The van der Waals surface area contributed by atoms with Gasteiger partial charge in [0.15, 0.2) is 5.11 Å². The van der Waals surface area contributed by atoms with Crippen LogP contribution in [0.3, 0.4) is 0 Å². The van der Waals surface area contributed by atoms with Gasteiger partial charge in [0.1, 0.15) is 0 Å². The van der Waals surface area contributed by atoms with Gasteiger partial charge in [-0.15, -0.1) is 0 Å². The molecule has 3 N–H and O–H groups in total. The molecule has 0 saturated heterocycles. The van der Waals surface area contributed by atoms with Crippen molar-refractivity contribution in [2.75, 3.05) is 5.32 Å². The Morgan fingerprint density at radius 2 is 1.58 bits per heavy atom. The molecule has 0 atom stereocenters. The fourth-order valence-corrected chi connectivity index (χ4v) is 2.45. The molecule has 136 valence electrons. The van der Waals surface area contributed by atoms with Crippen LogP contribution >= 0.6 is 12.2 Å². The number of benzene rings is 2. The van der Waals surface area contributed by atoms with Crippen molar-refractivity contribution in [1.29, 1.82) is 0 Å². The Kier molecular flexibility index (Phi) is 6.10. The zero-order valence-corrected chi connectivity index (χ0v) is 16.2. The molecule has 0 aromatic heterocycles. The van der Waals surface area contributed by atoms with Gasteiger partial charge in [-0.1, -0.05) is 17.7 Å². The van der Waals surface area contributed by atoms with Crippen LogP contribution in [0.5, 0.6) is 0 Å². The van der Waals surface area contributed by atoms with Gasteiger partial charge in [-0.2, -0.15) is 0 Å². The van der Waals surface area contributed by atoms with Crippen molar-refractivity contribution in [2.24, 2.45) is 0 Å². The highest BCUT2D eigenvalue weighted by Gasteiger charge is 2.15. The molecule has 0 aliphatic carbocycles. The van der Waals surface area contributed by atoms with E-state index in [-0.39, 0.29) is 22.5 Å². The minimum absolute atomic E-state index is 0.139. The smallest absolute Gasteiger partial charge is 0.257 e. The van der Waals surface area contributed by atoms with Gasteiger partial charge in [0.25, 0.3) is 11.8 Å². The lowest BCUT2D eigenvalue weighted by molar-refractivity contribution is 0.0918. The van der Waals surface area contributed by atoms with Gasteiger partial charge < -0.3 is 10.6 Å². The van der Waals surface area contributed by atoms with Crippen molar-refractivity contribution in [1.82, 2.24) is 10.6 Å². The maximum atomic E-state index is 12.2. The number of rotatable bonds is 3. The van der Waals surface area contributed by atoms with Crippen LogP contribution in [-0.2, 0) is 0 Å². The van der Waals surface area contributed by atoms with Gasteiger partial charge in [-0.3, -0.25) is 14.9 Å². The van der Waals surface area contributed by atoms with Crippen LogP contribution in [0.15, 0.2) is 48.5 Å². The van der Waals surface area contributed by atoms with E-state index in [0.717, 1.165) is 5.56 Å². The Bertz CT molecular complexity index is 824. The van der Waals surface area contributed by atoms with Gasteiger partial charge in [0, 0.05) is 22.4 Å². The maximum Gasteiger partial charge on any atom is 0.257 e. The third kappa shape index (κ3) is 5.97. The third-order valence-corrected chi connectivity index (χ3v) is 3.60. The van der Waals surface area contributed by atoms with Crippen LogP contribution in [0.25, 0.3) is 0 Å². The number of anilines is 1. The summed E-state index contributed by atoms with van der Waals surface area (Å²) in [6.07, 6.45) is 0. The monoisotopic (exact) mass is 369 g/mol. The number of amides is 2. The zero-order valence-electron chi connectivity index (χ0n) is 15.3. The summed E-state index contributed by atoms with van der Waals surface area (Å²) < 4.78 is 0. The lowest BCUT2D eigenvalue weighted by Crippen LogP contribution is -2.40. The van der Waals surface area contributed by atoms with Crippen molar-refractivity contribution < 1.29 is 9.59 Å². The first-order valence-electron chi connectivity index (χ1n) is 8.26. The average Bonchev–Trinajstić information content (AvgIpc) is 2.53. The lowest BCUT2D eigenvalue weighted by atomic mass is 10.1. The lowest BCUT2D eigenvalue weighted by Gasteiger charge is -2.20. The first-order valence-corrected chi connectivity index (χ1v) is 8.66. The number of nitrogens with one attached hydrogen (secondary N) is 3. The summed E-state index contributed by atoms with van der Waals surface area (Å²) in [6.45, 7) is 7.70. The first kappa shape index (κ1) is 19.6. The number of hydrogen-bond donors (Lipinski definition) is 3. The highest BCUT2D eigenvalue weighted by Crippen LogP contribution is 2.11. The minimum Gasteiger partial charge on any atom is -0.347 e. The van der Waals surface area contributed by atoms with E-state index in [4.69, 9.17) is 12.2 Å². The predicted molar refractivity (Wildman–Crippen MR) is 109 cm³/mol. The van der Waals surface area contributed by atoms with Gasteiger partial charge >= 0.3 is 0 Å². The zero-order chi connectivity index (χ0) is 19.3. The molecule has 0 aliphatic heterocycles. The summed E-state index contributed by atoms with van der Waals surface area (Å²) in [6, 6.07) is 14.1. The van der Waals surface area contributed by atoms with E-state index < -0.39 is 0 Å². The minimum atomic E-state index is -0.296. The quantitative estimate of drug-likeness (QED) is 0.722. The molecule has 0 radical (unpaired) electrons. The van der Waals surface area contributed by atoms with E-state index in [2.05, 4.69) is 16.0 Å². The van der Waals surface area contributed by atoms with Crippen molar-refractivity contribution in [3.8, 4) is 0 Å². The fourth-order valence-electron chi connectivity index (χ4n) is 2.24. The molecule has 0 unspecified atom stereocenters. The van der Waals surface area contributed by atoms with E-state index >= 15 is 0 Å². The number of carbonyl (C=O) groups is 2. The highest BCUT2D eigenvalue weighted by molar-refractivity contribution is 7.80. The molecule has 0 spiro atoms. The first-order chi connectivity index (χ1) is 12.1. The molecule has 0 saturated carbocycles. The summed E-state index contributed by atoms with van der Waals surface area (Å²) in [5.74, 6) is -0.410. The van der Waals surface area contributed by atoms with Crippen molar-refractivity contribution in [2.45, 2.75) is 33.2 Å². The van der Waals surface area contributed by atoms with Crippen molar-refractivity contribution >= 4 is 34.8 Å². The van der Waals surface area contributed by atoms with Crippen LogP contribution in [0.1, 0.15) is 47.1 Å². The summed E-state index contributed by atoms with van der Waals surface area (Å²) >= 11 is 5.18. The van der Waals surface area contributed by atoms with E-state index in [1.807, 2.05) is 39.8 Å². The summed E-state index contributed by atoms with van der Waals surface area (Å²) in [7, 11) is 0. The van der Waals surface area contributed by atoms with Crippen LogP contribution < -0.4 is 16.0 Å². The Morgan fingerprint density at radius 1 is 0.923 bits per heavy atom. The van der Waals surface area contributed by atoms with Gasteiger partial charge in [0.2, 0.25) is 0 Å². The normalized spacial score (nSPS) is 10.8. The molecular weight excluding hydrogens is 346 g/mol. The Hall–Kier alpha value is -2.73. The standard InChI is InChI=1S/C20H23N3O2S/c1-13-6-5-7-15(12-13)17(24)22-19(26)21-16-10-8-14(9-11-16)18(25)23-20(2,3)4/h5-12H,1-4H3,(H,23,25)(H2,21,22,24,26). The molecule has 26 heavy (non-hydrogen) atoms. The Balaban J connectivity index is 1.95. The summed E-state index contributed by atoms with van der Waals surface area (Å²) in [5, 5.41) is 8.68. The van der Waals surface area contributed by atoms with Gasteiger partial charge in [0.05, 0.1) is 0 Å². The molecular formula is C20H23N3O2S. The van der Waals surface area contributed by atoms with Crippen LogP contribution in [0, 0.1) is 6.92 Å². The predicted octanol–water partition coefficient (Wildman–Crippen LogP) is 3.65. The second-order valence-corrected chi connectivity index (χ2v) is 7.47. The molecule has 2 aromatic rings. The van der Waals surface area contributed by atoms with E-state index in [1.54, 1.807) is 36.4 Å². The van der Waals surface area contributed by atoms with Gasteiger partial charge in [-0.05, 0) is 76.3 Å². The second kappa shape index (κ2) is 8.10. The molecule has 2 amide bonds. The fraction of sp³-hybridized carbons (Fsp3) is 0.250. The molecule has 0 heterocycles. The topological polar surface area (TPSA) is 70.2 Å². The molecule has 6 heteroatoms. The average molecular weight is 369 g/mol. The van der Waals surface area contributed by atoms with Crippen molar-refractivity contribution in [3.63, 3.8) is 0 Å². The molecule has 0 bridgehead atoms. The molecule has 5 nitrogen and oxygen atoms in total. The van der Waals surface area contributed by atoms with E-state index in [1.165, 1.54) is 0 Å². The molecule has 2 aromatic carbocycles. The largest absolute Gasteiger partial charge is 0.347 e. The number of carbonyl (C=O) groups excluding carboxylic acids is 2. The number of aryl methyl sites for hydroxylation is 1. The Morgan fingerprint density at radius 3 is 2.15 bits per heavy atom. The highest BCUT2D eigenvalue weighted by atomic mass is 32.1. The van der Waals surface area contributed by atoms with Crippen LogP contribution in [0.2, 0.25) is 0 Å². The SMILES string of the molecule is Cc1cccc(C(=O)NC(=S)Nc2ccc(C(=O)NC(C)(C)C)cc2)c1. The van der Waals surface area contributed by atoms with Crippen LogP contribution in [0.4, 0.5) is 5.69 Å². The Labute approximate surface area is 159 Å². The van der Waals surface area contributed by atoms with Crippen LogP contribution in [-0.4, -0.2) is 22.5 Å². The molecule has 0 fully saturated rings. The maximum absolute atomic E-state index is 12.2. The number of hydrogen-bond acceptors (Lipinski definition) is 3. The third-order valence-electron chi connectivity index (χ3n) is 3.40.